The van der Waals surface area contributed by atoms with Gasteiger partial charge in [0.1, 0.15) is 17.0 Å². The first-order valence-electron chi connectivity index (χ1n) is 6.16. The minimum atomic E-state index is -1.05. The molecule has 0 heterocycles. The van der Waals surface area contributed by atoms with Crippen LogP contribution in [0.5, 0.6) is 5.75 Å². The molecule has 6 nitrogen and oxygen atoms in total. The summed E-state index contributed by atoms with van der Waals surface area (Å²) >= 11 is 0. The van der Waals surface area contributed by atoms with Crippen molar-refractivity contribution in [3.63, 3.8) is 0 Å². The molecule has 0 aromatic heterocycles. The van der Waals surface area contributed by atoms with Crippen molar-refractivity contribution in [2.24, 2.45) is 16.3 Å². The number of hydrogen-bond acceptors (Lipinski definition) is 4. The molecule has 0 atom stereocenters. The Bertz CT molecular complexity index is 556. The molecular formula is C13H16FN3O3. The number of ether oxygens (including phenoxy) is 1. The molecule has 1 aromatic carbocycles. The molecule has 1 aromatic rings. The van der Waals surface area contributed by atoms with E-state index in [2.05, 4.69) is 10.5 Å². The lowest BCUT2D eigenvalue weighted by atomic mass is 9.67. The van der Waals surface area contributed by atoms with E-state index in [9.17, 15) is 9.18 Å². The molecule has 1 amide bonds. The second kappa shape index (κ2) is 5.36. The van der Waals surface area contributed by atoms with Crippen molar-refractivity contribution in [2.75, 3.05) is 12.4 Å². The van der Waals surface area contributed by atoms with Gasteiger partial charge in [0, 0.05) is 6.07 Å². The molecular weight excluding hydrogens is 265 g/mol. The standard InChI is InChI=1S/C13H16FN3O3/c1-20-8-3-4-9(14)10(7-8)16-12(18)13(5-2-6-13)11(15)17-19/h3-4,7,19H,2,5-6H2,1H3,(H2,15,17)(H,16,18). The summed E-state index contributed by atoms with van der Waals surface area (Å²) < 4.78 is 18.7. The van der Waals surface area contributed by atoms with Crippen LogP contribution in [-0.4, -0.2) is 24.1 Å². The highest BCUT2D eigenvalue weighted by Gasteiger charge is 2.48. The second-order valence-electron chi connectivity index (χ2n) is 4.72. The lowest BCUT2D eigenvalue weighted by molar-refractivity contribution is -0.125. The molecule has 20 heavy (non-hydrogen) atoms. The highest BCUT2D eigenvalue weighted by Crippen LogP contribution is 2.42. The number of carbonyl (C=O) groups excluding carboxylic acids is 1. The van der Waals surface area contributed by atoms with E-state index in [1.807, 2.05) is 0 Å². The Hall–Kier alpha value is -2.31. The second-order valence-corrected chi connectivity index (χ2v) is 4.72. The first-order chi connectivity index (χ1) is 9.53. The summed E-state index contributed by atoms with van der Waals surface area (Å²) in [4.78, 5) is 12.3. The number of nitrogens with one attached hydrogen (secondary N) is 1. The number of rotatable bonds is 4. The Morgan fingerprint density at radius 3 is 2.75 bits per heavy atom. The van der Waals surface area contributed by atoms with Crippen LogP contribution < -0.4 is 15.8 Å². The van der Waals surface area contributed by atoms with Crippen molar-refractivity contribution >= 4 is 17.4 Å². The van der Waals surface area contributed by atoms with Crippen molar-refractivity contribution in [3.8, 4) is 5.75 Å². The molecule has 1 fully saturated rings. The minimum absolute atomic E-state index is 0.00589. The van der Waals surface area contributed by atoms with Crippen LogP contribution in [0.25, 0.3) is 0 Å². The molecule has 1 aliphatic carbocycles. The van der Waals surface area contributed by atoms with Gasteiger partial charge in [0.25, 0.3) is 0 Å². The van der Waals surface area contributed by atoms with Crippen LogP contribution in [0, 0.1) is 11.2 Å². The number of amides is 1. The van der Waals surface area contributed by atoms with E-state index < -0.39 is 17.1 Å². The third-order valence-corrected chi connectivity index (χ3v) is 3.66. The normalized spacial score (nSPS) is 17.2. The Balaban J connectivity index is 2.23. The van der Waals surface area contributed by atoms with Crippen molar-refractivity contribution in [1.82, 2.24) is 0 Å². The van der Waals surface area contributed by atoms with Gasteiger partial charge >= 0.3 is 0 Å². The molecule has 4 N–H and O–H groups in total. The summed E-state index contributed by atoms with van der Waals surface area (Å²) in [6.07, 6.45) is 1.74. The fourth-order valence-corrected chi connectivity index (χ4v) is 2.19. The third-order valence-electron chi connectivity index (χ3n) is 3.66. The largest absolute Gasteiger partial charge is 0.497 e. The Morgan fingerprint density at radius 2 is 2.25 bits per heavy atom. The van der Waals surface area contributed by atoms with Crippen molar-refractivity contribution in [1.29, 1.82) is 0 Å². The lowest BCUT2D eigenvalue weighted by Gasteiger charge is -2.38. The Labute approximate surface area is 115 Å². The van der Waals surface area contributed by atoms with Gasteiger partial charge in [-0.2, -0.15) is 0 Å². The first-order valence-corrected chi connectivity index (χ1v) is 6.16. The third kappa shape index (κ3) is 2.26. The number of benzene rings is 1. The average Bonchev–Trinajstić information content (AvgIpc) is 2.39. The zero-order chi connectivity index (χ0) is 14.8. The molecule has 0 radical (unpaired) electrons. The maximum absolute atomic E-state index is 13.7. The van der Waals surface area contributed by atoms with Crippen LogP contribution in [-0.2, 0) is 4.79 Å². The molecule has 1 aliphatic rings. The fourth-order valence-electron chi connectivity index (χ4n) is 2.19. The van der Waals surface area contributed by atoms with Gasteiger partial charge in [-0.05, 0) is 25.0 Å². The number of nitrogens with zero attached hydrogens (tertiary/aromatic N) is 1. The predicted octanol–water partition coefficient (Wildman–Crippen LogP) is 1.69. The number of nitrogens with two attached hydrogens (primary N) is 1. The van der Waals surface area contributed by atoms with Crippen molar-refractivity contribution < 1.29 is 19.1 Å². The van der Waals surface area contributed by atoms with E-state index in [1.54, 1.807) is 0 Å². The summed E-state index contributed by atoms with van der Waals surface area (Å²) in [5.41, 5.74) is 4.54. The Kier molecular flexibility index (Phi) is 3.78. The smallest absolute Gasteiger partial charge is 0.238 e. The molecule has 0 bridgehead atoms. The molecule has 0 spiro atoms. The topological polar surface area (TPSA) is 96.9 Å². The van der Waals surface area contributed by atoms with Gasteiger partial charge < -0.3 is 21.0 Å². The zero-order valence-electron chi connectivity index (χ0n) is 11.0. The molecule has 1 saturated carbocycles. The highest BCUT2D eigenvalue weighted by atomic mass is 19.1. The van der Waals surface area contributed by atoms with Crippen LogP contribution in [0.3, 0.4) is 0 Å². The molecule has 0 aliphatic heterocycles. The number of carbonyl (C=O) groups is 1. The van der Waals surface area contributed by atoms with Gasteiger partial charge in [-0.15, -0.1) is 0 Å². The summed E-state index contributed by atoms with van der Waals surface area (Å²) in [6.45, 7) is 0. The van der Waals surface area contributed by atoms with Crippen molar-refractivity contribution in [2.45, 2.75) is 19.3 Å². The number of amidine groups is 1. The number of hydrogen-bond donors (Lipinski definition) is 3. The number of oxime groups is 1. The van der Waals surface area contributed by atoms with Gasteiger partial charge in [0.2, 0.25) is 5.91 Å². The molecule has 0 saturated heterocycles. The van der Waals surface area contributed by atoms with E-state index in [0.29, 0.717) is 18.6 Å². The molecule has 108 valence electrons. The fraction of sp³-hybridized carbons (Fsp3) is 0.385. The van der Waals surface area contributed by atoms with E-state index in [-0.39, 0.29) is 11.5 Å². The van der Waals surface area contributed by atoms with Gasteiger partial charge in [0.05, 0.1) is 12.8 Å². The Morgan fingerprint density at radius 1 is 1.55 bits per heavy atom. The maximum Gasteiger partial charge on any atom is 0.238 e. The van der Waals surface area contributed by atoms with E-state index in [1.165, 1.54) is 25.3 Å². The summed E-state index contributed by atoms with van der Waals surface area (Å²) in [5, 5.41) is 14.2. The maximum atomic E-state index is 13.7. The summed E-state index contributed by atoms with van der Waals surface area (Å²) in [6, 6.07) is 4.03. The van der Waals surface area contributed by atoms with Crippen LogP contribution in [0.1, 0.15) is 19.3 Å². The predicted molar refractivity (Wildman–Crippen MR) is 71.3 cm³/mol. The number of anilines is 1. The number of methoxy groups -OCH3 is 1. The zero-order valence-corrected chi connectivity index (χ0v) is 11.0. The molecule has 0 unspecified atom stereocenters. The SMILES string of the molecule is COc1ccc(F)c(NC(=O)C2(/C(N)=N/O)CCC2)c1. The van der Waals surface area contributed by atoms with E-state index >= 15 is 0 Å². The van der Waals surface area contributed by atoms with Gasteiger partial charge in [-0.1, -0.05) is 11.6 Å². The van der Waals surface area contributed by atoms with E-state index in [0.717, 1.165) is 6.42 Å². The first kappa shape index (κ1) is 14.1. The lowest BCUT2D eigenvalue weighted by Crippen LogP contribution is -2.51. The number of halogens is 1. The highest BCUT2D eigenvalue weighted by molar-refractivity contribution is 6.12. The van der Waals surface area contributed by atoms with Gasteiger partial charge in [-0.3, -0.25) is 4.79 Å². The molecule has 2 rings (SSSR count). The van der Waals surface area contributed by atoms with Crippen molar-refractivity contribution in [3.05, 3.63) is 24.0 Å². The van der Waals surface area contributed by atoms with Gasteiger partial charge in [-0.25, -0.2) is 4.39 Å². The van der Waals surface area contributed by atoms with Crippen LogP contribution in [0.4, 0.5) is 10.1 Å². The van der Waals surface area contributed by atoms with Crippen LogP contribution >= 0.6 is 0 Å². The quantitative estimate of drug-likeness (QED) is 0.338. The average molecular weight is 281 g/mol. The summed E-state index contributed by atoms with van der Waals surface area (Å²) in [5.74, 6) is -0.781. The van der Waals surface area contributed by atoms with Crippen LogP contribution in [0.2, 0.25) is 0 Å². The van der Waals surface area contributed by atoms with E-state index in [4.69, 9.17) is 15.7 Å². The summed E-state index contributed by atoms with van der Waals surface area (Å²) in [7, 11) is 1.45. The van der Waals surface area contributed by atoms with Gasteiger partial charge in [0.15, 0.2) is 5.84 Å². The molecule has 7 heteroatoms. The monoisotopic (exact) mass is 281 g/mol. The minimum Gasteiger partial charge on any atom is -0.497 e. The van der Waals surface area contributed by atoms with Crippen LogP contribution in [0.15, 0.2) is 23.4 Å².